The van der Waals surface area contributed by atoms with E-state index in [-0.39, 0.29) is 11.8 Å². The zero-order valence-corrected chi connectivity index (χ0v) is 14.1. The Labute approximate surface area is 145 Å². The van der Waals surface area contributed by atoms with Crippen molar-refractivity contribution < 1.29 is 9.32 Å². The number of carbonyl (C=O) groups is 1. The van der Waals surface area contributed by atoms with Gasteiger partial charge in [-0.05, 0) is 12.0 Å². The minimum atomic E-state index is -0.0979. The summed E-state index contributed by atoms with van der Waals surface area (Å²) in [4.78, 5) is 14.4. The minimum Gasteiger partial charge on any atom is -0.364 e. The second-order valence-corrected chi connectivity index (χ2v) is 6.30. The second-order valence-electron chi connectivity index (χ2n) is 6.30. The normalized spacial score (nSPS) is 15.0. The van der Waals surface area contributed by atoms with Crippen LogP contribution in [-0.4, -0.2) is 32.7 Å². The lowest BCUT2D eigenvalue weighted by molar-refractivity contribution is 0.0723. The van der Waals surface area contributed by atoms with Gasteiger partial charge in [0.15, 0.2) is 5.69 Å². The first kappa shape index (κ1) is 15.6. The number of hydrogen-bond donors (Lipinski definition) is 1. The number of amides is 1. The van der Waals surface area contributed by atoms with Gasteiger partial charge in [-0.2, -0.15) is 5.10 Å². The summed E-state index contributed by atoms with van der Waals surface area (Å²) >= 11 is 0. The molecule has 0 radical (unpaired) electrons. The van der Waals surface area contributed by atoms with Crippen molar-refractivity contribution in [2.24, 2.45) is 0 Å². The van der Waals surface area contributed by atoms with Gasteiger partial charge in [-0.1, -0.05) is 42.4 Å². The molecule has 1 N–H and O–H groups in total. The van der Waals surface area contributed by atoms with Crippen molar-refractivity contribution in [2.45, 2.75) is 32.2 Å². The number of aromatic nitrogens is 3. The highest BCUT2D eigenvalue weighted by Gasteiger charge is 2.29. The maximum Gasteiger partial charge on any atom is 0.276 e. The maximum absolute atomic E-state index is 12.6. The third-order valence-corrected chi connectivity index (χ3v) is 4.85. The summed E-state index contributed by atoms with van der Waals surface area (Å²) in [5.74, 6) is 0.127. The molecule has 4 rings (SSSR count). The zero-order chi connectivity index (χ0) is 17.2. The number of rotatable bonds is 4. The van der Waals surface area contributed by atoms with Crippen LogP contribution in [0.3, 0.4) is 0 Å². The van der Waals surface area contributed by atoms with Crippen molar-refractivity contribution in [2.75, 3.05) is 6.54 Å². The monoisotopic (exact) mass is 336 g/mol. The number of nitrogens with zero attached hydrogens (tertiary/aromatic N) is 3. The van der Waals surface area contributed by atoms with Crippen molar-refractivity contribution in [3.8, 4) is 0 Å². The van der Waals surface area contributed by atoms with Crippen LogP contribution >= 0.6 is 0 Å². The average Bonchev–Trinajstić information content (AvgIpc) is 3.33. The highest BCUT2D eigenvalue weighted by atomic mass is 16.5. The Morgan fingerprint density at radius 2 is 2.16 bits per heavy atom. The van der Waals surface area contributed by atoms with Gasteiger partial charge in [0.25, 0.3) is 5.91 Å². The number of carbonyl (C=O) groups excluding carboxylic acids is 1. The highest BCUT2D eigenvalue weighted by molar-refractivity contribution is 5.92. The molecule has 1 aromatic carbocycles. The molecular weight excluding hydrogens is 316 g/mol. The topological polar surface area (TPSA) is 75.0 Å². The Morgan fingerprint density at radius 3 is 2.88 bits per heavy atom. The van der Waals surface area contributed by atoms with Crippen LogP contribution < -0.4 is 0 Å². The van der Waals surface area contributed by atoms with Gasteiger partial charge in [0.2, 0.25) is 0 Å². The van der Waals surface area contributed by atoms with Crippen LogP contribution in [0.5, 0.6) is 0 Å². The van der Waals surface area contributed by atoms with Crippen molar-refractivity contribution in [1.82, 2.24) is 20.3 Å². The fourth-order valence-electron chi connectivity index (χ4n) is 3.54. The van der Waals surface area contributed by atoms with Gasteiger partial charge in [0.05, 0.1) is 5.69 Å². The molecule has 2 aromatic heterocycles. The Hall–Kier alpha value is -2.89. The molecule has 1 aliphatic rings. The maximum atomic E-state index is 12.6. The van der Waals surface area contributed by atoms with E-state index < -0.39 is 0 Å². The smallest absolute Gasteiger partial charge is 0.276 e. The van der Waals surface area contributed by atoms with E-state index in [1.54, 1.807) is 6.07 Å². The van der Waals surface area contributed by atoms with Crippen LogP contribution in [0, 0.1) is 0 Å². The van der Waals surface area contributed by atoms with E-state index in [0.717, 1.165) is 29.8 Å². The number of H-pyrrole nitrogens is 1. The van der Waals surface area contributed by atoms with Gasteiger partial charge in [0, 0.05) is 42.8 Å². The van der Waals surface area contributed by atoms with Gasteiger partial charge in [-0.15, -0.1) is 0 Å². The Kier molecular flexibility index (Phi) is 4.09. The summed E-state index contributed by atoms with van der Waals surface area (Å²) in [5, 5.41) is 11.6. The second kappa shape index (κ2) is 6.55. The quantitative estimate of drug-likeness (QED) is 0.794. The van der Waals surface area contributed by atoms with Crippen LogP contribution in [0.15, 0.2) is 47.2 Å². The summed E-state index contributed by atoms with van der Waals surface area (Å²) in [7, 11) is 0. The fourth-order valence-corrected chi connectivity index (χ4v) is 3.54. The van der Waals surface area contributed by atoms with Gasteiger partial charge in [0.1, 0.15) is 6.26 Å². The molecule has 25 heavy (non-hydrogen) atoms. The zero-order valence-electron chi connectivity index (χ0n) is 14.1. The molecule has 1 atom stereocenters. The van der Waals surface area contributed by atoms with Gasteiger partial charge in [-0.3, -0.25) is 9.89 Å². The van der Waals surface area contributed by atoms with Crippen molar-refractivity contribution in [3.05, 3.63) is 70.9 Å². The molecule has 6 nitrogen and oxygen atoms in total. The van der Waals surface area contributed by atoms with E-state index in [1.165, 1.54) is 11.8 Å². The number of nitrogens with one attached hydrogen (secondary N) is 1. The van der Waals surface area contributed by atoms with Gasteiger partial charge in [-0.25, -0.2) is 0 Å². The summed E-state index contributed by atoms with van der Waals surface area (Å²) in [6.45, 7) is 3.37. The minimum absolute atomic E-state index is 0.0979. The first-order chi connectivity index (χ1) is 12.3. The molecule has 3 aromatic rings. The Balaban J connectivity index is 1.64. The SMILES string of the molecule is CCC(c1ccccc1)c1n[nH]c2c1CN(C(=O)c1ccon1)CC2. The molecule has 1 amide bonds. The summed E-state index contributed by atoms with van der Waals surface area (Å²) in [5.41, 5.74) is 4.91. The van der Waals surface area contributed by atoms with E-state index >= 15 is 0 Å². The average molecular weight is 336 g/mol. The fraction of sp³-hybridized carbons (Fsp3) is 0.316. The third-order valence-electron chi connectivity index (χ3n) is 4.85. The van der Waals surface area contributed by atoms with E-state index in [2.05, 4.69) is 46.5 Å². The summed E-state index contributed by atoms with van der Waals surface area (Å²) in [6, 6.07) is 12.0. The number of aromatic amines is 1. The van der Waals surface area contributed by atoms with Gasteiger partial charge < -0.3 is 9.42 Å². The predicted molar refractivity (Wildman–Crippen MR) is 92.1 cm³/mol. The molecule has 1 unspecified atom stereocenters. The van der Waals surface area contributed by atoms with Crippen LogP contribution in [0.4, 0.5) is 0 Å². The summed E-state index contributed by atoms with van der Waals surface area (Å²) in [6.07, 6.45) is 3.16. The molecule has 1 aliphatic heterocycles. The molecular formula is C19H20N4O2. The predicted octanol–water partition coefficient (Wildman–Crippen LogP) is 3.14. The molecule has 3 heterocycles. The van der Waals surface area contributed by atoms with Gasteiger partial charge >= 0.3 is 0 Å². The molecule has 6 heteroatoms. The Morgan fingerprint density at radius 1 is 1.32 bits per heavy atom. The largest absolute Gasteiger partial charge is 0.364 e. The molecule has 0 aliphatic carbocycles. The Bertz CT molecular complexity index is 855. The van der Waals surface area contributed by atoms with Crippen LogP contribution in [0.25, 0.3) is 0 Å². The lowest BCUT2D eigenvalue weighted by Crippen LogP contribution is -2.36. The molecule has 0 bridgehead atoms. The van der Waals surface area contributed by atoms with E-state index in [9.17, 15) is 4.79 Å². The van der Waals surface area contributed by atoms with E-state index in [1.807, 2.05) is 11.0 Å². The van der Waals surface area contributed by atoms with Crippen molar-refractivity contribution in [3.63, 3.8) is 0 Å². The number of benzene rings is 1. The molecule has 0 saturated heterocycles. The number of hydrogen-bond acceptors (Lipinski definition) is 4. The van der Waals surface area contributed by atoms with Crippen LogP contribution in [0.1, 0.15) is 52.3 Å². The van der Waals surface area contributed by atoms with E-state index in [0.29, 0.717) is 18.8 Å². The molecule has 128 valence electrons. The standard InChI is InChI=1S/C19H20N4O2/c1-2-14(13-6-4-3-5-7-13)18-15-12-23(10-8-16(15)20-21-18)19(24)17-9-11-25-22-17/h3-7,9,11,14H,2,8,10,12H2,1H3,(H,20,21). The van der Waals surface area contributed by atoms with Crippen molar-refractivity contribution >= 4 is 5.91 Å². The van der Waals surface area contributed by atoms with Crippen LogP contribution in [-0.2, 0) is 13.0 Å². The third kappa shape index (κ3) is 2.84. The molecule has 0 fully saturated rings. The van der Waals surface area contributed by atoms with E-state index in [4.69, 9.17) is 4.52 Å². The highest BCUT2D eigenvalue weighted by Crippen LogP contribution is 2.32. The van der Waals surface area contributed by atoms with Crippen molar-refractivity contribution in [1.29, 1.82) is 0 Å². The molecule has 0 saturated carbocycles. The lowest BCUT2D eigenvalue weighted by Gasteiger charge is -2.27. The molecule has 0 spiro atoms. The lowest BCUT2D eigenvalue weighted by atomic mass is 9.89. The van der Waals surface area contributed by atoms with Crippen LogP contribution in [0.2, 0.25) is 0 Å². The number of fused-ring (bicyclic) bond motifs is 1. The summed E-state index contributed by atoms with van der Waals surface area (Å²) < 4.78 is 4.80. The first-order valence-corrected chi connectivity index (χ1v) is 8.58. The first-order valence-electron chi connectivity index (χ1n) is 8.58.